The minimum atomic E-state index is -0.602. The van der Waals surface area contributed by atoms with Crippen LogP contribution in [0.2, 0.25) is 5.02 Å². The number of anilines is 1. The van der Waals surface area contributed by atoms with Gasteiger partial charge in [-0.1, -0.05) is 29.8 Å². The predicted molar refractivity (Wildman–Crippen MR) is 125 cm³/mol. The van der Waals surface area contributed by atoms with E-state index in [-0.39, 0.29) is 11.9 Å². The summed E-state index contributed by atoms with van der Waals surface area (Å²) >= 11 is 6.05. The van der Waals surface area contributed by atoms with Gasteiger partial charge in [-0.2, -0.15) is 0 Å². The molecule has 0 radical (unpaired) electrons. The van der Waals surface area contributed by atoms with Gasteiger partial charge in [-0.25, -0.2) is 4.79 Å². The van der Waals surface area contributed by atoms with Crippen LogP contribution in [0.1, 0.15) is 42.7 Å². The fourth-order valence-corrected chi connectivity index (χ4v) is 3.61. The Morgan fingerprint density at radius 3 is 2.47 bits per heavy atom. The zero-order valence-electron chi connectivity index (χ0n) is 18.7. The number of ether oxygens (including phenoxy) is 2. The van der Waals surface area contributed by atoms with Crippen molar-refractivity contribution in [1.82, 2.24) is 10.2 Å². The first-order valence-corrected chi connectivity index (χ1v) is 11.0. The number of halogens is 1. The zero-order chi connectivity index (χ0) is 23.1. The summed E-state index contributed by atoms with van der Waals surface area (Å²) < 4.78 is 10.7. The van der Waals surface area contributed by atoms with E-state index in [0.29, 0.717) is 36.0 Å². The molecule has 1 aliphatic heterocycles. The van der Waals surface area contributed by atoms with Crippen molar-refractivity contribution in [2.45, 2.75) is 32.4 Å². The molecule has 3 rings (SSSR count). The van der Waals surface area contributed by atoms with Gasteiger partial charge in [-0.05, 0) is 56.7 Å². The van der Waals surface area contributed by atoms with Gasteiger partial charge in [0.15, 0.2) is 0 Å². The molecule has 1 aliphatic rings. The molecule has 2 aromatic carbocycles. The van der Waals surface area contributed by atoms with Crippen LogP contribution in [-0.2, 0) is 9.47 Å². The molecule has 8 heteroatoms. The van der Waals surface area contributed by atoms with E-state index in [0.717, 1.165) is 18.7 Å². The Morgan fingerprint density at radius 1 is 1.12 bits per heavy atom. The third-order valence-corrected chi connectivity index (χ3v) is 5.22. The standard InChI is InChI=1S/C24H30ClN3O4/c1-24(2,3)32-23(30)27-20-6-4-5-18(15-20)22(29)26-16-21(28-11-13-31-14-12-28)17-7-9-19(25)10-8-17/h4-10,15,21H,11-14,16H2,1-3H3,(H,26,29)(H,27,30). The number of nitrogens with zero attached hydrogens (tertiary/aromatic N) is 1. The van der Waals surface area contributed by atoms with Crippen LogP contribution in [0, 0.1) is 0 Å². The number of carbonyl (C=O) groups is 2. The summed E-state index contributed by atoms with van der Waals surface area (Å²) in [5, 5.41) is 6.37. The van der Waals surface area contributed by atoms with Crippen LogP contribution in [-0.4, -0.2) is 55.3 Å². The van der Waals surface area contributed by atoms with E-state index in [1.165, 1.54) is 0 Å². The number of hydrogen-bond acceptors (Lipinski definition) is 5. The lowest BCUT2D eigenvalue weighted by Gasteiger charge is -2.35. The molecule has 0 saturated carbocycles. The minimum absolute atomic E-state index is 0.00295. The van der Waals surface area contributed by atoms with Crippen molar-refractivity contribution in [3.8, 4) is 0 Å². The van der Waals surface area contributed by atoms with Gasteiger partial charge in [0.25, 0.3) is 5.91 Å². The van der Waals surface area contributed by atoms with Gasteiger partial charge >= 0.3 is 6.09 Å². The Kier molecular flexibility index (Phi) is 8.12. The average Bonchev–Trinajstić information content (AvgIpc) is 2.74. The first-order chi connectivity index (χ1) is 15.2. The molecule has 0 aliphatic carbocycles. The molecule has 1 heterocycles. The molecule has 2 amide bonds. The van der Waals surface area contributed by atoms with Gasteiger partial charge in [0.1, 0.15) is 5.60 Å². The van der Waals surface area contributed by atoms with Crippen LogP contribution in [0.15, 0.2) is 48.5 Å². The number of rotatable bonds is 6. The van der Waals surface area contributed by atoms with Crippen molar-refractivity contribution in [2.75, 3.05) is 38.2 Å². The fraction of sp³-hybridized carbons (Fsp3) is 0.417. The van der Waals surface area contributed by atoms with Crippen molar-refractivity contribution in [3.63, 3.8) is 0 Å². The molecule has 32 heavy (non-hydrogen) atoms. The lowest BCUT2D eigenvalue weighted by molar-refractivity contribution is 0.0162. The van der Waals surface area contributed by atoms with Crippen LogP contribution in [0.3, 0.4) is 0 Å². The molecule has 2 N–H and O–H groups in total. The third-order valence-electron chi connectivity index (χ3n) is 4.97. The summed E-state index contributed by atoms with van der Waals surface area (Å²) in [5.41, 5.74) is 1.43. The number of amides is 2. The maximum absolute atomic E-state index is 12.9. The van der Waals surface area contributed by atoms with Gasteiger partial charge < -0.3 is 14.8 Å². The molecule has 1 unspecified atom stereocenters. The lowest BCUT2D eigenvalue weighted by Crippen LogP contribution is -2.43. The van der Waals surface area contributed by atoms with Crippen LogP contribution >= 0.6 is 11.6 Å². The molecule has 1 fully saturated rings. The maximum atomic E-state index is 12.9. The molecule has 7 nitrogen and oxygen atoms in total. The second-order valence-corrected chi connectivity index (χ2v) is 9.07. The van der Waals surface area contributed by atoms with Gasteiger partial charge in [-0.15, -0.1) is 0 Å². The van der Waals surface area contributed by atoms with Crippen LogP contribution in [0.5, 0.6) is 0 Å². The van der Waals surface area contributed by atoms with E-state index >= 15 is 0 Å². The van der Waals surface area contributed by atoms with Gasteiger partial charge in [-0.3, -0.25) is 15.0 Å². The largest absolute Gasteiger partial charge is 0.444 e. The highest BCUT2D eigenvalue weighted by molar-refractivity contribution is 6.30. The Hall–Kier alpha value is -2.61. The smallest absolute Gasteiger partial charge is 0.412 e. The SMILES string of the molecule is CC(C)(C)OC(=O)Nc1cccc(C(=O)NCC(c2ccc(Cl)cc2)N2CCOCC2)c1. The van der Waals surface area contributed by atoms with Crippen molar-refractivity contribution in [3.05, 3.63) is 64.7 Å². The van der Waals surface area contributed by atoms with E-state index < -0.39 is 11.7 Å². The van der Waals surface area contributed by atoms with E-state index in [2.05, 4.69) is 15.5 Å². The topological polar surface area (TPSA) is 79.9 Å². The van der Waals surface area contributed by atoms with E-state index in [1.807, 2.05) is 24.3 Å². The number of morpholine rings is 1. The second kappa shape index (κ2) is 10.8. The predicted octanol–water partition coefficient (Wildman–Crippen LogP) is 4.49. The first kappa shape index (κ1) is 24.0. The molecular weight excluding hydrogens is 430 g/mol. The Bertz CT molecular complexity index is 922. The highest BCUT2D eigenvalue weighted by Gasteiger charge is 2.23. The second-order valence-electron chi connectivity index (χ2n) is 8.63. The van der Waals surface area contributed by atoms with Gasteiger partial charge in [0.05, 0.1) is 19.3 Å². The Labute approximate surface area is 194 Å². The van der Waals surface area contributed by atoms with Crippen LogP contribution in [0.4, 0.5) is 10.5 Å². The van der Waals surface area contributed by atoms with Crippen molar-refractivity contribution in [2.24, 2.45) is 0 Å². The van der Waals surface area contributed by atoms with E-state index in [4.69, 9.17) is 21.1 Å². The van der Waals surface area contributed by atoms with Crippen molar-refractivity contribution < 1.29 is 19.1 Å². The highest BCUT2D eigenvalue weighted by Crippen LogP contribution is 2.23. The molecule has 2 aromatic rings. The summed E-state index contributed by atoms with van der Waals surface area (Å²) in [6.45, 7) is 8.72. The summed E-state index contributed by atoms with van der Waals surface area (Å²) in [5.74, 6) is -0.218. The van der Waals surface area contributed by atoms with E-state index in [9.17, 15) is 9.59 Å². The Balaban J connectivity index is 1.66. The molecular formula is C24H30ClN3O4. The third kappa shape index (κ3) is 7.22. The first-order valence-electron chi connectivity index (χ1n) is 10.7. The van der Waals surface area contributed by atoms with E-state index in [1.54, 1.807) is 45.0 Å². The summed E-state index contributed by atoms with van der Waals surface area (Å²) in [6.07, 6.45) is -0.565. The molecule has 1 atom stereocenters. The van der Waals surface area contributed by atoms with Gasteiger partial charge in [0, 0.05) is 35.9 Å². The molecule has 172 valence electrons. The zero-order valence-corrected chi connectivity index (χ0v) is 19.4. The summed E-state index contributed by atoms with van der Waals surface area (Å²) in [6, 6.07) is 14.5. The highest BCUT2D eigenvalue weighted by atomic mass is 35.5. The fourth-order valence-electron chi connectivity index (χ4n) is 3.48. The van der Waals surface area contributed by atoms with Crippen molar-refractivity contribution in [1.29, 1.82) is 0 Å². The number of benzene rings is 2. The molecule has 0 aromatic heterocycles. The lowest BCUT2D eigenvalue weighted by atomic mass is 10.0. The van der Waals surface area contributed by atoms with Gasteiger partial charge in [0.2, 0.25) is 0 Å². The maximum Gasteiger partial charge on any atom is 0.412 e. The molecule has 0 spiro atoms. The van der Waals surface area contributed by atoms with Crippen LogP contribution < -0.4 is 10.6 Å². The quantitative estimate of drug-likeness (QED) is 0.665. The average molecular weight is 460 g/mol. The molecule has 1 saturated heterocycles. The number of nitrogens with one attached hydrogen (secondary N) is 2. The minimum Gasteiger partial charge on any atom is -0.444 e. The van der Waals surface area contributed by atoms with Crippen LogP contribution in [0.25, 0.3) is 0 Å². The summed E-state index contributed by atoms with van der Waals surface area (Å²) in [7, 11) is 0. The summed E-state index contributed by atoms with van der Waals surface area (Å²) in [4.78, 5) is 27.2. The molecule has 0 bridgehead atoms. The normalized spacial score (nSPS) is 15.6. The number of hydrogen-bond donors (Lipinski definition) is 2. The number of carbonyl (C=O) groups excluding carboxylic acids is 2. The Morgan fingerprint density at radius 2 is 1.81 bits per heavy atom. The monoisotopic (exact) mass is 459 g/mol. The van der Waals surface area contributed by atoms with Crippen molar-refractivity contribution >= 4 is 29.3 Å².